The first kappa shape index (κ1) is 15.4. The second kappa shape index (κ2) is 5.93. The van der Waals surface area contributed by atoms with Crippen LogP contribution < -0.4 is 11.1 Å². The zero-order chi connectivity index (χ0) is 15.7. The molecule has 1 saturated heterocycles. The van der Waals surface area contributed by atoms with Crippen molar-refractivity contribution in [1.29, 1.82) is 0 Å². The maximum Gasteiger partial charge on any atom is 0.240 e. The Morgan fingerprint density at radius 2 is 2.05 bits per heavy atom. The minimum atomic E-state index is -0.681. The van der Waals surface area contributed by atoms with Crippen LogP contribution in [0.15, 0.2) is 18.2 Å². The highest BCUT2D eigenvalue weighted by molar-refractivity contribution is 5.89. The van der Waals surface area contributed by atoms with E-state index in [4.69, 9.17) is 5.73 Å². The normalized spacial score (nSPS) is 24.0. The standard InChI is InChI=1S/C16H21F2N3O/c17-13-4-1-5-14(18)12(13)10-21-8-2-3-11(9-21)20-15(22)16(19)6-7-16/h1,4-5,11H,2-3,6-10,19H2,(H,20,22). The molecule has 1 aromatic rings. The van der Waals surface area contributed by atoms with E-state index in [0.29, 0.717) is 6.54 Å². The van der Waals surface area contributed by atoms with Gasteiger partial charge in [0.25, 0.3) is 0 Å². The van der Waals surface area contributed by atoms with Gasteiger partial charge in [-0.05, 0) is 44.4 Å². The lowest BCUT2D eigenvalue weighted by Crippen LogP contribution is -2.52. The lowest BCUT2D eigenvalue weighted by molar-refractivity contribution is -0.124. The number of nitrogens with zero attached hydrogens (tertiary/aromatic N) is 1. The van der Waals surface area contributed by atoms with Crippen LogP contribution in [0.1, 0.15) is 31.2 Å². The van der Waals surface area contributed by atoms with Crippen molar-refractivity contribution in [2.24, 2.45) is 5.73 Å². The van der Waals surface area contributed by atoms with E-state index in [1.54, 1.807) is 0 Å². The fourth-order valence-corrected chi connectivity index (χ4v) is 2.91. The molecule has 1 saturated carbocycles. The van der Waals surface area contributed by atoms with Crippen molar-refractivity contribution in [3.05, 3.63) is 35.4 Å². The molecule has 6 heteroatoms. The van der Waals surface area contributed by atoms with Gasteiger partial charge in [-0.15, -0.1) is 0 Å². The molecule has 0 spiro atoms. The summed E-state index contributed by atoms with van der Waals surface area (Å²) in [6, 6.07) is 3.90. The molecule has 0 bridgehead atoms. The summed E-state index contributed by atoms with van der Waals surface area (Å²) in [5.74, 6) is -1.15. The fourth-order valence-electron chi connectivity index (χ4n) is 2.91. The van der Waals surface area contributed by atoms with Crippen LogP contribution in [0.4, 0.5) is 8.78 Å². The molecule has 1 unspecified atom stereocenters. The lowest BCUT2D eigenvalue weighted by Gasteiger charge is -2.33. The van der Waals surface area contributed by atoms with Crippen molar-refractivity contribution in [3.63, 3.8) is 0 Å². The number of benzene rings is 1. The molecule has 3 rings (SSSR count). The maximum absolute atomic E-state index is 13.7. The van der Waals surface area contributed by atoms with Gasteiger partial charge < -0.3 is 11.1 Å². The van der Waals surface area contributed by atoms with Crippen LogP contribution in [0.25, 0.3) is 0 Å². The summed E-state index contributed by atoms with van der Waals surface area (Å²) in [4.78, 5) is 14.0. The highest BCUT2D eigenvalue weighted by atomic mass is 19.1. The predicted octanol–water partition coefficient (Wildman–Crippen LogP) is 1.54. The van der Waals surface area contributed by atoms with Gasteiger partial charge >= 0.3 is 0 Å². The predicted molar refractivity (Wildman–Crippen MR) is 79.0 cm³/mol. The fraction of sp³-hybridized carbons (Fsp3) is 0.562. The number of carbonyl (C=O) groups excluding carboxylic acids is 1. The summed E-state index contributed by atoms with van der Waals surface area (Å²) in [5.41, 5.74) is 5.29. The van der Waals surface area contributed by atoms with E-state index in [9.17, 15) is 13.6 Å². The Balaban J connectivity index is 1.60. The number of hydrogen-bond donors (Lipinski definition) is 2. The molecule has 120 valence electrons. The van der Waals surface area contributed by atoms with E-state index in [-0.39, 0.29) is 24.1 Å². The highest BCUT2D eigenvalue weighted by Crippen LogP contribution is 2.32. The number of carbonyl (C=O) groups is 1. The molecule has 3 N–H and O–H groups in total. The molecule has 1 aromatic carbocycles. The largest absolute Gasteiger partial charge is 0.350 e. The topological polar surface area (TPSA) is 58.4 Å². The van der Waals surface area contributed by atoms with E-state index >= 15 is 0 Å². The first-order valence-electron chi connectivity index (χ1n) is 7.73. The Hall–Kier alpha value is -1.53. The molecule has 1 aliphatic carbocycles. The second-order valence-electron chi connectivity index (χ2n) is 6.40. The number of piperidine rings is 1. The summed E-state index contributed by atoms with van der Waals surface area (Å²) >= 11 is 0. The van der Waals surface area contributed by atoms with Crippen molar-refractivity contribution in [2.45, 2.75) is 43.8 Å². The molecule has 22 heavy (non-hydrogen) atoms. The van der Waals surface area contributed by atoms with E-state index in [1.165, 1.54) is 18.2 Å². The van der Waals surface area contributed by atoms with Crippen LogP contribution in [0.5, 0.6) is 0 Å². The first-order chi connectivity index (χ1) is 10.5. The minimum absolute atomic E-state index is 0.00268. The van der Waals surface area contributed by atoms with Crippen LogP contribution >= 0.6 is 0 Å². The van der Waals surface area contributed by atoms with Gasteiger partial charge in [-0.25, -0.2) is 8.78 Å². The van der Waals surface area contributed by atoms with Gasteiger partial charge in [-0.1, -0.05) is 6.07 Å². The van der Waals surface area contributed by atoms with E-state index < -0.39 is 17.2 Å². The number of hydrogen-bond acceptors (Lipinski definition) is 3. The summed E-state index contributed by atoms with van der Waals surface area (Å²) in [6.07, 6.45) is 3.22. The monoisotopic (exact) mass is 309 g/mol. The number of nitrogens with two attached hydrogens (primary N) is 1. The van der Waals surface area contributed by atoms with Gasteiger partial charge in [-0.3, -0.25) is 9.69 Å². The number of likely N-dealkylation sites (tertiary alicyclic amines) is 1. The van der Waals surface area contributed by atoms with Crippen LogP contribution in [-0.4, -0.2) is 35.5 Å². The number of nitrogens with one attached hydrogen (secondary N) is 1. The molecule has 1 atom stereocenters. The smallest absolute Gasteiger partial charge is 0.240 e. The Morgan fingerprint density at radius 3 is 2.68 bits per heavy atom. The molecule has 1 heterocycles. The number of halogens is 2. The average molecular weight is 309 g/mol. The third kappa shape index (κ3) is 3.28. The van der Waals surface area contributed by atoms with Crippen LogP contribution in [-0.2, 0) is 11.3 Å². The molecule has 2 aliphatic rings. The maximum atomic E-state index is 13.7. The van der Waals surface area contributed by atoms with E-state index in [2.05, 4.69) is 5.32 Å². The Bertz CT molecular complexity index is 554. The third-order valence-electron chi connectivity index (χ3n) is 4.53. The van der Waals surface area contributed by atoms with Crippen molar-refractivity contribution in [3.8, 4) is 0 Å². The quantitative estimate of drug-likeness (QED) is 0.887. The van der Waals surface area contributed by atoms with Crippen LogP contribution in [0, 0.1) is 11.6 Å². The van der Waals surface area contributed by atoms with Crippen molar-refractivity contribution >= 4 is 5.91 Å². The highest BCUT2D eigenvalue weighted by Gasteiger charge is 2.46. The SMILES string of the molecule is NC1(C(=O)NC2CCCN(Cc3c(F)cccc3F)C2)CC1. The van der Waals surface area contributed by atoms with Gasteiger partial charge in [0.15, 0.2) is 0 Å². The Morgan fingerprint density at radius 1 is 1.36 bits per heavy atom. The van der Waals surface area contributed by atoms with Crippen molar-refractivity contribution in [1.82, 2.24) is 10.2 Å². The van der Waals surface area contributed by atoms with Gasteiger partial charge in [-0.2, -0.15) is 0 Å². The van der Waals surface area contributed by atoms with Gasteiger partial charge in [0.1, 0.15) is 11.6 Å². The molecule has 2 fully saturated rings. The lowest BCUT2D eigenvalue weighted by atomic mass is 10.0. The Kier molecular flexibility index (Phi) is 4.14. The summed E-state index contributed by atoms with van der Waals surface area (Å²) in [7, 11) is 0. The van der Waals surface area contributed by atoms with Crippen LogP contribution in [0.3, 0.4) is 0 Å². The van der Waals surface area contributed by atoms with Gasteiger partial charge in [0.05, 0.1) is 5.54 Å². The molecule has 1 aliphatic heterocycles. The first-order valence-corrected chi connectivity index (χ1v) is 7.73. The molecule has 0 aromatic heterocycles. The zero-order valence-corrected chi connectivity index (χ0v) is 12.4. The second-order valence-corrected chi connectivity index (χ2v) is 6.40. The van der Waals surface area contributed by atoms with E-state index in [1.807, 2.05) is 4.90 Å². The average Bonchev–Trinajstić information content (AvgIpc) is 3.23. The molecule has 1 amide bonds. The molecule has 0 radical (unpaired) electrons. The van der Waals surface area contributed by atoms with Crippen molar-refractivity contribution < 1.29 is 13.6 Å². The molecule has 4 nitrogen and oxygen atoms in total. The molecular formula is C16H21F2N3O. The summed E-state index contributed by atoms with van der Waals surface area (Å²) in [5, 5.41) is 2.97. The molecular weight excluding hydrogens is 288 g/mol. The van der Waals surface area contributed by atoms with Crippen molar-refractivity contribution in [2.75, 3.05) is 13.1 Å². The third-order valence-corrected chi connectivity index (χ3v) is 4.53. The number of rotatable bonds is 4. The van der Waals surface area contributed by atoms with Gasteiger partial charge in [0, 0.05) is 24.7 Å². The van der Waals surface area contributed by atoms with Gasteiger partial charge in [0.2, 0.25) is 5.91 Å². The number of amides is 1. The summed E-state index contributed by atoms with van der Waals surface area (Å²) in [6.45, 7) is 1.59. The Labute approximate surface area is 128 Å². The zero-order valence-electron chi connectivity index (χ0n) is 12.4. The minimum Gasteiger partial charge on any atom is -0.350 e. The summed E-state index contributed by atoms with van der Waals surface area (Å²) < 4.78 is 27.4. The van der Waals surface area contributed by atoms with Crippen LogP contribution in [0.2, 0.25) is 0 Å². The van der Waals surface area contributed by atoms with E-state index in [0.717, 1.165) is 32.2 Å².